The van der Waals surface area contributed by atoms with E-state index in [1.807, 2.05) is 0 Å². The lowest BCUT2D eigenvalue weighted by Gasteiger charge is -2.29. The zero-order valence-electron chi connectivity index (χ0n) is 12.7. The maximum atomic E-state index is 12.2. The second-order valence-electron chi connectivity index (χ2n) is 5.04. The second kappa shape index (κ2) is 7.79. The van der Waals surface area contributed by atoms with Crippen molar-refractivity contribution in [2.75, 3.05) is 0 Å². The van der Waals surface area contributed by atoms with Gasteiger partial charge >= 0.3 is 12.0 Å². The minimum absolute atomic E-state index is 0.216. The molecule has 0 heterocycles. The van der Waals surface area contributed by atoms with Gasteiger partial charge in [-0.05, 0) is 31.5 Å². The van der Waals surface area contributed by atoms with Crippen molar-refractivity contribution in [2.24, 2.45) is 5.92 Å². The monoisotopic (exact) mass is 326 g/mol. The number of amides is 3. The zero-order valence-corrected chi connectivity index (χ0v) is 13.4. The van der Waals surface area contributed by atoms with Gasteiger partial charge in [0.05, 0.1) is 12.0 Å². The quantitative estimate of drug-likeness (QED) is 0.870. The summed E-state index contributed by atoms with van der Waals surface area (Å²) in [6.45, 7) is 4.43. The first kappa shape index (κ1) is 18.0. The minimum Gasteiger partial charge on any atom is -0.481 e. The first-order chi connectivity index (χ1) is 10.2. The van der Waals surface area contributed by atoms with Crippen LogP contribution in [0.2, 0.25) is 5.02 Å². The van der Waals surface area contributed by atoms with E-state index >= 15 is 0 Å². The molecule has 0 spiro atoms. The third-order valence-corrected chi connectivity index (χ3v) is 3.69. The highest BCUT2D eigenvalue weighted by Crippen LogP contribution is 2.13. The number of imide groups is 1. The Morgan fingerprint density at radius 2 is 1.77 bits per heavy atom. The maximum Gasteiger partial charge on any atom is 0.324 e. The molecule has 0 bridgehead atoms. The van der Waals surface area contributed by atoms with Crippen molar-refractivity contribution in [3.05, 3.63) is 34.9 Å². The molecule has 0 radical (unpaired) electrons. The molecule has 0 saturated carbocycles. The minimum atomic E-state index is -1.07. The van der Waals surface area contributed by atoms with Gasteiger partial charge in [-0.25, -0.2) is 4.79 Å². The number of halogens is 1. The molecule has 6 nitrogen and oxygen atoms in total. The van der Waals surface area contributed by atoms with Gasteiger partial charge in [-0.15, -0.1) is 0 Å². The van der Waals surface area contributed by atoms with Crippen molar-refractivity contribution >= 4 is 29.5 Å². The van der Waals surface area contributed by atoms with Crippen LogP contribution in [0.5, 0.6) is 0 Å². The molecule has 2 N–H and O–H groups in total. The van der Waals surface area contributed by atoms with Gasteiger partial charge in [0.2, 0.25) is 5.91 Å². The molecule has 0 aliphatic carbocycles. The SMILES string of the molecule is CC(=O)N(C(=O)NCc1ccc(Cl)cc1)[C@H](C)[C@@H](C)C(=O)O. The zero-order chi connectivity index (χ0) is 16.9. The van der Waals surface area contributed by atoms with E-state index in [9.17, 15) is 14.4 Å². The van der Waals surface area contributed by atoms with Gasteiger partial charge in [0, 0.05) is 18.5 Å². The Bertz CT molecular complexity index is 559. The maximum absolute atomic E-state index is 12.2. The Kier molecular flexibility index (Phi) is 6.37. The lowest BCUT2D eigenvalue weighted by Crippen LogP contribution is -2.50. The lowest BCUT2D eigenvalue weighted by molar-refractivity contribution is -0.143. The Morgan fingerprint density at radius 3 is 2.23 bits per heavy atom. The van der Waals surface area contributed by atoms with Crippen LogP contribution < -0.4 is 5.32 Å². The second-order valence-corrected chi connectivity index (χ2v) is 5.48. The summed E-state index contributed by atoms with van der Waals surface area (Å²) in [6.07, 6.45) is 0. The summed E-state index contributed by atoms with van der Waals surface area (Å²) in [5.74, 6) is -2.43. The molecule has 0 aliphatic rings. The molecular formula is C15H19ClN2O4. The molecule has 1 rings (SSSR count). The molecule has 1 aromatic carbocycles. The van der Waals surface area contributed by atoms with Crippen LogP contribution in [-0.4, -0.2) is 34.0 Å². The van der Waals surface area contributed by atoms with Crippen LogP contribution in [0.15, 0.2) is 24.3 Å². The van der Waals surface area contributed by atoms with Crippen molar-refractivity contribution in [1.29, 1.82) is 0 Å². The van der Waals surface area contributed by atoms with E-state index in [1.54, 1.807) is 24.3 Å². The van der Waals surface area contributed by atoms with Crippen LogP contribution in [0.4, 0.5) is 4.79 Å². The smallest absolute Gasteiger partial charge is 0.324 e. The van der Waals surface area contributed by atoms with E-state index < -0.39 is 29.9 Å². The summed E-state index contributed by atoms with van der Waals surface area (Å²) in [7, 11) is 0. The Hall–Kier alpha value is -2.08. The molecule has 0 aliphatic heterocycles. The highest BCUT2D eigenvalue weighted by Gasteiger charge is 2.31. The van der Waals surface area contributed by atoms with Crippen LogP contribution in [0, 0.1) is 5.92 Å². The molecule has 0 aromatic heterocycles. The number of urea groups is 1. The van der Waals surface area contributed by atoms with E-state index in [1.165, 1.54) is 20.8 Å². The predicted octanol–water partition coefficient (Wildman–Crippen LogP) is 2.51. The summed E-state index contributed by atoms with van der Waals surface area (Å²) >= 11 is 5.78. The van der Waals surface area contributed by atoms with Gasteiger partial charge in [0.1, 0.15) is 0 Å². The number of carboxylic acid groups (broad SMARTS) is 1. The molecule has 0 saturated heterocycles. The summed E-state index contributed by atoms with van der Waals surface area (Å²) in [4.78, 5) is 35.8. The van der Waals surface area contributed by atoms with E-state index in [0.29, 0.717) is 5.02 Å². The molecule has 0 unspecified atom stereocenters. The number of hydrogen-bond donors (Lipinski definition) is 2. The highest BCUT2D eigenvalue weighted by molar-refractivity contribution is 6.30. The van der Waals surface area contributed by atoms with E-state index in [-0.39, 0.29) is 6.54 Å². The van der Waals surface area contributed by atoms with Crippen LogP contribution in [0.25, 0.3) is 0 Å². The molecule has 2 atom stereocenters. The molecule has 3 amide bonds. The van der Waals surface area contributed by atoms with E-state index in [0.717, 1.165) is 10.5 Å². The normalized spacial score (nSPS) is 13.1. The topological polar surface area (TPSA) is 86.7 Å². The molecule has 120 valence electrons. The Morgan fingerprint density at radius 1 is 1.23 bits per heavy atom. The van der Waals surface area contributed by atoms with Gasteiger partial charge in [0.25, 0.3) is 0 Å². The first-order valence-corrected chi connectivity index (χ1v) is 7.16. The van der Waals surface area contributed by atoms with Crippen LogP contribution in [0.1, 0.15) is 26.3 Å². The summed E-state index contributed by atoms with van der Waals surface area (Å²) in [5, 5.41) is 12.2. The van der Waals surface area contributed by atoms with Crippen molar-refractivity contribution in [1.82, 2.24) is 10.2 Å². The molecule has 0 fully saturated rings. The summed E-state index contributed by atoms with van der Waals surface area (Å²) < 4.78 is 0. The number of carbonyl (C=O) groups excluding carboxylic acids is 2. The van der Waals surface area contributed by atoms with Crippen LogP contribution in [0.3, 0.4) is 0 Å². The Balaban J connectivity index is 2.75. The van der Waals surface area contributed by atoms with Gasteiger partial charge in [-0.2, -0.15) is 0 Å². The largest absolute Gasteiger partial charge is 0.481 e. The third kappa shape index (κ3) is 4.73. The lowest BCUT2D eigenvalue weighted by atomic mass is 10.0. The fraction of sp³-hybridized carbons (Fsp3) is 0.400. The van der Waals surface area contributed by atoms with Crippen molar-refractivity contribution < 1.29 is 19.5 Å². The number of carbonyl (C=O) groups is 3. The standard InChI is InChI=1S/C15H19ClN2O4/c1-9(14(20)21)10(2)18(11(3)19)15(22)17-8-12-4-6-13(16)7-5-12/h4-7,9-10H,8H2,1-3H3,(H,17,22)(H,20,21)/t9-,10-/m1/s1. The number of rotatable bonds is 5. The van der Waals surface area contributed by atoms with E-state index in [2.05, 4.69) is 5.32 Å². The van der Waals surface area contributed by atoms with Gasteiger partial charge in [0.15, 0.2) is 0 Å². The third-order valence-electron chi connectivity index (χ3n) is 3.44. The Labute approximate surface area is 134 Å². The molecule has 7 heteroatoms. The van der Waals surface area contributed by atoms with E-state index in [4.69, 9.17) is 16.7 Å². The number of aliphatic carboxylic acids is 1. The fourth-order valence-corrected chi connectivity index (χ4v) is 2.04. The molecular weight excluding hydrogens is 308 g/mol. The number of carboxylic acids is 1. The number of hydrogen-bond acceptors (Lipinski definition) is 3. The first-order valence-electron chi connectivity index (χ1n) is 6.79. The van der Waals surface area contributed by atoms with Crippen molar-refractivity contribution in [3.63, 3.8) is 0 Å². The van der Waals surface area contributed by atoms with Crippen molar-refractivity contribution in [3.8, 4) is 0 Å². The fourth-order valence-electron chi connectivity index (χ4n) is 1.91. The number of benzene rings is 1. The van der Waals surface area contributed by atoms with Crippen molar-refractivity contribution in [2.45, 2.75) is 33.4 Å². The van der Waals surface area contributed by atoms with Gasteiger partial charge in [-0.1, -0.05) is 23.7 Å². The van der Waals surface area contributed by atoms with Crippen LogP contribution in [-0.2, 0) is 16.1 Å². The van der Waals surface area contributed by atoms with Gasteiger partial charge in [-0.3, -0.25) is 14.5 Å². The highest BCUT2D eigenvalue weighted by atomic mass is 35.5. The number of nitrogens with one attached hydrogen (secondary N) is 1. The van der Waals surface area contributed by atoms with Crippen LogP contribution >= 0.6 is 11.6 Å². The number of nitrogens with zero attached hydrogens (tertiary/aromatic N) is 1. The predicted molar refractivity (Wildman–Crippen MR) is 82.5 cm³/mol. The van der Waals surface area contributed by atoms with Gasteiger partial charge < -0.3 is 10.4 Å². The molecule has 1 aromatic rings. The average Bonchev–Trinajstić information content (AvgIpc) is 2.45. The summed E-state index contributed by atoms with van der Waals surface area (Å²) in [6, 6.07) is 5.53. The average molecular weight is 327 g/mol. The molecule has 22 heavy (non-hydrogen) atoms. The summed E-state index contributed by atoms with van der Waals surface area (Å²) in [5.41, 5.74) is 0.820.